The van der Waals surface area contributed by atoms with Crippen LogP contribution in [0.1, 0.15) is 24.1 Å². The first-order chi connectivity index (χ1) is 12.2. The van der Waals surface area contributed by atoms with Crippen molar-refractivity contribution >= 4 is 17.4 Å². The Morgan fingerprint density at radius 2 is 2.08 bits per heavy atom. The predicted octanol–water partition coefficient (Wildman–Crippen LogP) is 2.17. The van der Waals surface area contributed by atoms with Gasteiger partial charge in [-0.3, -0.25) is 9.78 Å². The lowest BCUT2D eigenvalue weighted by molar-refractivity contribution is -0.115. The van der Waals surface area contributed by atoms with Crippen LogP contribution in [0.15, 0.2) is 36.7 Å². The smallest absolute Gasteiger partial charge is 0.228 e. The molecular weight excluding hydrogens is 316 g/mol. The van der Waals surface area contributed by atoms with E-state index in [9.17, 15) is 9.90 Å². The molecule has 0 atom stereocenters. The fourth-order valence-electron chi connectivity index (χ4n) is 3.06. The number of aryl methyl sites for hydroxylation is 1. The molecule has 0 radical (unpaired) electrons. The summed E-state index contributed by atoms with van der Waals surface area (Å²) in [7, 11) is 0. The Labute approximate surface area is 147 Å². The molecule has 0 bridgehead atoms. The number of nitrogens with zero attached hydrogens (tertiary/aromatic N) is 3. The van der Waals surface area contributed by atoms with Crippen molar-refractivity contribution in [2.24, 2.45) is 5.92 Å². The zero-order chi connectivity index (χ0) is 17.6. The van der Waals surface area contributed by atoms with Crippen LogP contribution >= 0.6 is 0 Å². The fraction of sp³-hybridized carbons (Fsp3) is 0.421. The molecule has 1 saturated heterocycles. The molecule has 0 saturated carbocycles. The number of piperidine rings is 1. The summed E-state index contributed by atoms with van der Waals surface area (Å²) in [5, 5.41) is 12.3. The van der Waals surface area contributed by atoms with Gasteiger partial charge in [0.05, 0.1) is 12.1 Å². The van der Waals surface area contributed by atoms with Crippen molar-refractivity contribution in [3.63, 3.8) is 0 Å². The predicted molar refractivity (Wildman–Crippen MR) is 97.6 cm³/mol. The van der Waals surface area contributed by atoms with Crippen molar-refractivity contribution in [3.05, 3.63) is 47.9 Å². The molecule has 132 valence electrons. The van der Waals surface area contributed by atoms with Crippen LogP contribution in [0.3, 0.4) is 0 Å². The second-order valence-electron chi connectivity index (χ2n) is 6.52. The topological polar surface area (TPSA) is 78.4 Å². The average Bonchev–Trinajstić information content (AvgIpc) is 2.64. The first-order valence-corrected chi connectivity index (χ1v) is 8.68. The minimum absolute atomic E-state index is 0.0786. The Hall–Kier alpha value is -2.47. The normalized spacial score (nSPS) is 15.2. The lowest BCUT2D eigenvalue weighted by Gasteiger charge is -2.33. The van der Waals surface area contributed by atoms with Crippen LogP contribution < -0.4 is 10.2 Å². The van der Waals surface area contributed by atoms with Gasteiger partial charge in [-0.1, -0.05) is 6.07 Å². The number of pyridine rings is 2. The Balaban J connectivity index is 1.66. The van der Waals surface area contributed by atoms with Crippen LogP contribution in [0.25, 0.3) is 0 Å². The summed E-state index contributed by atoms with van der Waals surface area (Å²) in [6, 6.07) is 7.54. The molecule has 1 fully saturated rings. The molecule has 3 rings (SSSR count). The van der Waals surface area contributed by atoms with Crippen LogP contribution in [0.5, 0.6) is 0 Å². The monoisotopic (exact) mass is 340 g/mol. The van der Waals surface area contributed by atoms with Crippen LogP contribution in [0.4, 0.5) is 11.5 Å². The molecule has 1 aliphatic heterocycles. The van der Waals surface area contributed by atoms with Gasteiger partial charge < -0.3 is 15.3 Å². The van der Waals surface area contributed by atoms with E-state index in [0.29, 0.717) is 5.92 Å². The van der Waals surface area contributed by atoms with Gasteiger partial charge in [0.2, 0.25) is 5.91 Å². The number of hydrogen-bond donors (Lipinski definition) is 2. The summed E-state index contributed by atoms with van der Waals surface area (Å²) in [5.41, 5.74) is 2.55. The van der Waals surface area contributed by atoms with Gasteiger partial charge in [-0.25, -0.2) is 4.98 Å². The molecule has 0 spiro atoms. The summed E-state index contributed by atoms with van der Waals surface area (Å²) >= 11 is 0. The van der Waals surface area contributed by atoms with Gasteiger partial charge in [0.25, 0.3) is 0 Å². The van der Waals surface area contributed by atoms with E-state index < -0.39 is 0 Å². The molecule has 2 aromatic heterocycles. The largest absolute Gasteiger partial charge is 0.396 e. The molecule has 3 heterocycles. The number of nitrogens with one attached hydrogen (secondary N) is 1. The summed E-state index contributed by atoms with van der Waals surface area (Å²) < 4.78 is 0. The molecule has 1 amide bonds. The summed E-state index contributed by atoms with van der Waals surface area (Å²) in [6.45, 7) is 3.84. The van der Waals surface area contributed by atoms with E-state index in [-0.39, 0.29) is 18.9 Å². The van der Waals surface area contributed by atoms with Gasteiger partial charge in [-0.15, -0.1) is 0 Å². The summed E-state index contributed by atoms with van der Waals surface area (Å²) in [4.78, 5) is 23.2. The molecule has 0 aromatic carbocycles. The van der Waals surface area contributed by atoms with E-state index in [1.165, 1.54) is 0 Å². The Kier molecular flexibility index (Phi) is 5.60. The lowest BCUT2D eigenvalue weighted by atomic mass is 9.98. The van der Waals surface area contributed by atoms with Gasteiger partial charge in [-0.05, 0) is 49.4 Å². The standard InChI is InChI=1S/C19H24N4O2/c1-14-4-5-16(12-21-14)11-18(25)22-17-3-2-8-20-19(17)23-9-6-15(13-24)7-10-23/h2-5,8,12,15,24H,6-7,9-11,13H2,1H3,(H,22,25). The molecule has 6 heteroatoms. The van der Waals surface area contributed by atoms with Gasteiger partial charge in [-0.2, -0.15) is 0 Å². The van der Waals surface area contributed by atoms with E-state index in [4.69, 9.17) is 0 Å². The molecule has 0 unspecified atom stereocenters. The van der Waals surface area contributed by atoms with E-state index in [2.05, 4.69) is 20.2 Å². The molecule has 2 N–H and O–H groups in total. The Morgan fingerprint density at radius 3 is 2.76 bits per heavy atom. The van der Waals surface area contributed by atoms with Crippen molar-refractivity contribution in [2.75, 3.05) is 29.9 Å². The van der Waals surface area contributed by atoms with Crippen LogP contribution in [-0.2, 0) is 11.2 Å². The van der Waals surface area contributed by atoms with Gasteiger partial charge in [0, 0.05) is 37.8 Å². The summed E-state index contributed by atoms with van der Waals surface area (Å²) in [5.74, 6) is 1.09. The minimum Gasteiger partial charge on any atom is -0.396 e. The molecule has 25 heavy (non-hydrogen) atoms. The number of amides is 1. The first-order valence-electron chi connectivity index (χ1n) is 8.68. The number of aromatic nitrogens is 2. The zero-order valence-corrected chi connectivity index (χ0v) is 14.5. The van der Waals surface area contributed by atoms with Gasteiger partial charge in [0.15, 0.2) is 5.82 Å². The van der Waals surface area contributed by atoms with Crippen LogP contribution in [0, 0.1) is 12.8 Å². The minimum atomic E-state index is -0.0786. The molecule has 6 nitrogen and oxygen atoms in total. The zero-order valence-electron chi connectivity index (χ0n) is 14.5. The highest BCUT2D eigenvalue weighted by Crippen LogP contribution is 2.27. The van der Waals surface area contributed by atoms with Crippen LogP contribution in [0.2, 0.25) is 0 Å². The second kappa shape index (κ2) is 8.07. The number of rotatable bonds is 5. The maximum absolute atomic E-state index is 12.4. The summed E-state index contributed by atoms with van der Waals surface area (Å²) in [6.07, 6.45) is 5.64. The second-order valence-corrected chi connectivity index (χ2v) is 6.52. The van der Waals surface area contributed by atoms with Gasteiger partial charge in [0.1, 0.15) is 0 Å². The molecule has 2 aromatic rings. The number of hydrogen-bond acceptors (Lipinski definition) is 5. The lowest BCUT2D eigenvalue weighted by Crippen LogP contribution is -2.36. The number of aliphatic hydroxyl groups is 1. The third-order valence-electron chi connectivity index (χ3n) is 4.57. The van der Waals surface area contributed by atoms with Crippen molar-refractivity contribution in [3.8, 4) is 0 Å². The Morgan fingerprint density at radius 1 is 1.28 bits per heavy atom. The number of carbonyl (C=O) groups is 1. The van der Waals surface area contributed by atoms with Crippen molar-refractivity contribution in [1.29, 1.82) is 0 Å². The van der Waals surface area contributed by atoms with E-state index in [1.807, 2.05) is 31.2 Å². The number of aliphatic hydroxyl groups excluding tert-OH is 1. The fourth-order valence-corrected chi connectivity index (χ4v) is 3.06. The van der Waals surface area contributed by atoms with Gasteiger partial charge >= 0.3 is 0 Å². The first kappa shape index (κ1) is 17.4. The van der Waals surface area contributed by atoms with E-state index >= 15 is 0 Å². The molecular formula is C19H24N4O2. The van der Waals surface area contributed by atoms with Crippen LogP contribution in [-0.4, -0.2) is 40.7 Å². The quantitative estimate of drug-likeness (QED) is 0.872. The Bertz CT molecular complexity index is 710. The van der Waals surface area contributed by atoms with Crippen molar-refractivity contribution in [2.45, 2.75) is 26.2 Å². The third-order valence-corrected chi connectivity index (χ3v) is 4.57. The molecule has 0 aliphatic carbocycles. The number of carbonyl (C=O) groups excluding carboxylic acids is 1. The maximum atomic E-state index is 12.4. The SMILES string of the molecule is Cc1ccc(CC(=O)Nc2cccnc2N2CCC(CO)CC2)cn1. The average molecular weight is 340 g/mol. The number of anilines is 2. The maximum Gasteiger partial charge on any atom is 0.228 e. The third kappa shape index (κ3) is 4.54. The highest BCUT2D eigenvalue weighted by molar-refractivity contribution is 5.94. The highest BCUT2D eigenvalue weighted by atomic mass is 16.3. The van der Waals surface area contributed by atoms with E-state index in [0.717, 1.165) is 48.7 Å². The van der Waals surface area contributed by atoms with Crippen molar-refractivity contribution in [1.82, 2.24) is 9.97 Å². The van der Waals surface area contributed by atoms with E-state index in [1.54, 1.807) is 12.4 Å². The molecule has 1 aliphatic rings. The van der Waals surface area contributed by atoms with Crippen molar-refractivity contribution < 1.29 is 9.90 Å². The highest BCUT2D eigenvalue weighted by Gasteiger charge is 2.21.